The molecule has 33 heavy (non-hydrogen) atoms. The zero-order valence-electron chi connectivity index (χ0n) is 18.7. The summed E-state index contributed by atoms with van der Waals surface area (Å²) >= 11 is 7.53. The van der Waals surface area contributed by atoms with Crippen LogP contribution in [0.1, 0.15) is 25.7 Å². The number of rotatable bonds is 9. The quantitative estimate of drug-likeness (QED) is 0.432. The summed E-state index contributed by atoms with van der Waals surface area (Å²) in [4.78, 5) is 30.1. The van der Waals surface area contributed by atoms with Crippen LogP contribution in [0.2, 0.25) is 5.02 Å². The van der Waals surface area contributed by atoms with E-state index in [4.69, 9.17) is 25.8 Å². The molecule has 0 fully saturated rings. The lowest BCUT2D eigenvalue weighted by Crippen LogP contribution is -2.27. The van der Waals surface area contributed by atoms with E-state index < -0.39 is 0 Å². The molecule has 0 aliphatic heterocycles. The zero-order valence-corrected chi connectivity index (χ0v) is 20.2. The monoisotopic (exact) mass is 489 g/mol. The lowest BCUT2D eigenvalue weighted by atomic mass is 10.2. The molecule has 8 nitrogen and oxygen atoms in total. The molecule has 0 saturated carbocycles. The van der Waals surface area contributed by atoms with Crippen molar-refractivity contribution in [2.45, 2.75) is 6.92 Å². The van der Waals surface area contributed by atoms with Crippen LogP contribution >= 0.6 is 22.9 Å². The van der Waals surface area contributed by atoms with Crippen molar-refractivity contribution in [2.75, 3.05) is 39.8 Å². The zero-order chi connectivity index (χ0) is 24.0. The van der Waals surface area contributed by atoms with E-state index >= 15 is 0 Å². The van der Waals surface area contributed by atoms with Crippen LogP contribution in [0.4, 0.5) is 5.69 Å². The van der Waals surface area contributed by atoms with Crippen molar-refractivity contribution in [3.63, 3.8) is 0 Å². The predicted octanol–water partition coefficient (Wildman–Crippen LogP) is 4.42. The van der Waals surface area contributed by atoms with Crippen LogP contribution in [0.25, 0.3) is 10.6 Å². The van der Waals surface area contributed by atoms with Gasteiger partial charge in [-0.05, 0) is 43.3 Å². The number of nitrogens with one attached hydrogen (secondary N) is 2. The number of carbonyl (C=O) groups is 2. The Morgan fingerprint density at radius 3 is 2.45 bits per heavy atom. The number of aromatic nitrogens is 1. The molecule has 1 aromatic heterocycles. The van der Waals surface area contributed by atoms with Gasteiger partial charge in [0.1, 0.15) is 9.88 Å². The summed E-state index contributed by atoms with van der Waals surface area (Å²) in [6, 6.07) is 10.2. The molecule has 0 radical (unpaired) electrons. The van der Waals surface area contributed by atoms with Gasteiger partial charge in [0.05, 0.1) is 37.1 Å². The molecule has 0 saturated heterocycles. The van der Waals surface area contributed by atoms with Gasteiger partial charge < -0.3 is 24.8 Å². The van der Waals surface area contributed by atoms with Crippen molar-refractivity contribution in [3.05, 3.63) is 57.6 Å². The third kappa shape index (κ3) is 5.81. The number of halogens is 1. The molecule has 1 heterocycles. The van der Waals surface area contributed by atoms with Crippen LogP contribution < -0.4 is 20.1 Å². The fourth-order valence-electron chi connectivity index (χ4n) is 3.03. The minimum absolute atomic E-state index is 0.231. The average molecular weight is 490 g/mol. The summed E-state index contributed by atoms with van der Waals surface area (Å²) in [5, 5.41) is 6.43. The Morgan fingerprint density at radius 2 is 1.79 bits per heavy atom. The number of thiazole rings is 1. The Bertz CT molecular complexity index is 1160. The first-order valence-electron chi connectivity index (χ1n) is 9.95. The highest BCUT2D eigenvalue weighted by Gasteiger charge is 2.18. The summed E-state index contributed by atoms with van der Waals surface area (Å²) < 4.78 is 15.5. The van der Waals surface area contributed by atoms with Crippen molar-refractivity contribution in [2.24, 2.45) is 0 Å². The molecular weight excluding hydrogens is 466 g/mol. The van der Waals surface area contributed by atoms with Gasteiger partial charge in [-0.1, -0.05) is 11.6 Å². The van der Waals surface area contributed by atoms with Crippen molar-refractivity contribution in [1.82, 2.24) is 10.3 Å². The van der Waals surface area contributed by atoms with E-state index in [0.29, 0.717) is 51.5 Å². The summed E-state index contributed by atoms with van der Waals surface area (Å²) in [6.07, 6.45) is 0. The van der Waals surface area contributed by atoms with Crippen LogP contribution in [0.15, 0.2) is 36.4 Å². The number of anilines is 1. The largest absolute Gasteiger partial charge is 0.493 e. The number of amides is 2. The molecule has 0 atom stereocenters. The van der Waals surface area contributed by atoms with Gasteiger partial charge >= 0.3 is 0 Å². The van der Waals surface area contributed by atoms with Gasteiger partial charge in [-0.25, -0.2) is 4.98 Å². The van der Waals surface area contributed by atoms with Gasteiger partial charge in [-0.3, -0.25) is 9.59 Å². The fourth-order valence-corrected chi connectivity index (χ4v) is 4.25. The molecular formula is C23H24ClN3O5S. The van der Waals surface area contributed by atoms with Gasteiger partial charge in [-0.2, -0.15) is 0 Å². The Kier molecular flexibility index (Phi) is 8.26. The molecule has 0 unspecified atom stereocenters. The van der Waals surface area contributed by atoms with Crippen molar-refractivity contribution < 1.29 is 23.8 Å². The highest BCUT2D eigenvalue weighted by Crippen LogP contribution is 2.35. The number of nitrogens with zero attached hydrogens (tertiary/aromatic N) is 1. The smallest absolute Gasteiger partial charge is 0.267 e. The van der Waals surface area contributed by atoms with Crippen molar-refractivity contribution >= 4 is 40.4 Å². The lowest BCUT2D eigenvalue weighted by molar-refractivity contribution is 0.0936. The minimum atomic E-state index is -0.315. The Morgan fingerprint density at radius 1 is 1.03 bits per heavy atom. The van der Waals surface area contributed by atoms with Crippen LogP contribution in [-0.2, 0) is 4.74 Å². The molecule has 10 heteroatoms. The summed E-state index contributed by atoms with van der Waals surface area (Å²) in [5.41, 5.74) is 2.20. The van der Waals surface area contributed by atoms with Gasteiger partial charge in [0, 0.05) is 24.9 Å². The minimum Gasteiger partial charge on any atom is -0.493 e. The van der Waals surface area contributed by atoms with Gasteiger partial charge in [-0.15, -0.1) is 11.3 Å². The first kappa shape index (κ1) is 24.5. The van der Waals surface area contributed by atoms with E-state index in [9.17, 15) is 9.59 Å². The molecule has 0 spiro atoms. The lowest BCUT2D eigenvalue weighted by Gasteiger charge is -2.09. The number of benzene rings is 2. The van der Waals surface area contributed by atoms with E-state index in [1.165, 1.54) is 17.4 Å². The standard InChI is InChI=1S/C23H24ClN3O5S/c1-13-20(33-23(26-13)14-5-8-18(31-3)19(11-14)32-4)22(29)27-15-6-7-16(17(24)12-15)21(28)25-9-10-30-2/h5-8,11-12H,9-10H2,1-4H3,(H,25,28)(H,27,29). The highest BCUT2D eigenvalue weighted by atomic mass is 35.5. The second-order valence-corrected chi connectivity index (χ2v) is 8.31. The molecule has 3 aromatic rings. The number of hydrogen-bond donors (Lipinski definition) is 2. The SMILES string of the molecule is COCCNC(=O)c1ccc(NC(=O)c2sc(-c3ccc(OC)c(OC)c3)nc2C)cc1Cl. The van der Waals surface area contributed by atoms with Gasteiger partial charge in [0.2, 0.25) is 0 Å². The highest BCUT2D eigenvalue weighted by molar-refractivity contribution is 7.17. The molecule has 174 valence electrons. The second kappa shape index (κ2) is 11.1. The second-order valence-electron chi connectivity index (χ2n) is 6.90. The van der Waals surface area contributed by atoms with Crippen molar-refractivity contribution in [1.29, 1.82) is 0 Å². The van der Waals surface area contributed by atoms with Gasteiger partial charge in [0.15, 0.2) is 11.5 Å². The van der Waals surface area contributed by atoms with Crippen LogP contribution in [0.3, 0.4) is 0 Å². The Labute approximate surface area is 200 Å². The number of methoxy groups -OCH3 is 3. The summed E-state index contributed by atoms with van der Waals surface area (Å²) in [5.74, 6) is 0.563. The van der Waals surface area contributed by atoms with Crippen molar-refractivity contribution in [3.8, 4) is 22.1 Å². The predicted molar refractivity (Wildman–Crippen MR) is 129 cm³/mol. The van der Waals surface area contributed by atoms with E-state index in [1.54, 1.807) is 46.5 Å². The maximum Gasteiger partial charge on any atom is 0.267 e. The molecule has 2 amide bonds. The van der Waals surface area contributed by atoms with Crippen LogP contribution in [-0.4, -0.2) is 51.3 Å². The summed E-state index contributed by atoms with van der Waals surface area (Å²) in [7, 11) is 4.69. The average Bonchev–Trinajstić information content (AvgIpc) is 3.20. The first-order chi connectivity index (χ1) is 15.9. The van der Waals surface area contributed by atoms with E-state index in [-0.39, 0.29) is 16.8 Å². The topological polar surface area (TPSA) is 98.8 Å². The third-order valence-corrected chi connectivity index (χ3v) is 6.21. The molecule has 2 aromatic carbocycles. The van der Waals surface area contributed by atoms with E-state index in [0.717, 1.165) is 5.56 Å². The number of aryl methyl sites for hydroxylation is 1. The number of ether oxygens (including phenoxy) is 3. The Balaban J connectivity index is 1.76. The number of hydrogen-bond acceptors (Lipinski definition) is 7. The molecule has 0 aliphatic carbocycles. The maximum absolute atomic E-state index is 12.9. The van der Waals surface area contributed by atoms with E-state index in [1.807, 2.05) is 12.1 Å². The maximum atomic E-state index is 12.9. The fraction of sp³-hybridized carbons (Fsp3) is 0.261. The molecule has 0 bridgehead atoms. The van der Waals surface area contributed by atoms with Crippen LogP contribution in [0, 0.1) is 6.92 Å². The molecule has 2 N–H and O–H groups in total. The Hall–Kier alpha value is -3.14. The van der Waals surface area contributed by atoms with Crippen LogP contribution in [0.5, 0.6) is 11.5 Å². The number of carbonyl (C=O) groups excluding carboxylic acids is 2. The molecule has 0 aliphatic rings. The molecule has 3 rings (SSSR count). The summed E-state index contributed by atoms with van der Waals surface area (Å²) in [6.45, 7) is 2.55. The normalized spacial score (nSPS) is 10.6. The first-order valence-corrected chi connectivity index (χ1v) is 11.1. The van der Waals surface area contributed by atoms with Gasteiger partial charge in [0.25, 0.3) is 11.8 Å². The van der Waals surface area contributed by atoms with E-state index in [2.05, 4.69) is 15.6 Å². The third-order valence-electron chi connectivity index (χ3n) is 4.70.